The predicted octanol–water partition coefficient (Wildman–Crippen LogP) is 5.90. The lowest BCUT2D eigenvalue weighted by Crippen LogP contribution is -2.81. The molecule has 6 heteroatoms. The van der Waals surface area contributed by atoms with E-state index in [1.807, 2.05) is 7.11 Å². The number of methoxy groups -OCH3 is 2. The molecule has 2 aliphatic heterocycles. The zero-order valence-electron chi connectivity index (χ0n) is 22.5. The van der Waals surface area contributed by atoms with Crippen LogP contribution in [0.5, 0.6) is 11.5 Å². The molecule has 7 aliphatic rings. The molecule has 0 N–H and O–H groups in total. The first-order chi connectivity index (χ1) is 18.5. The summed E-state index contributed by atoms with van der Waals surface area (Å²) in [5.41, 5.74) is 4.01. The summed E-state index contributed by atoms with van der Waals surface area (Å²) < 4.78 is 27.3. The highest BCUT2D eigenvalue weighted by atomic mass is 79.9. The van der Waals surface area contributed by atoms with E-state index in [9.17, 15) is 0 Å². The maximum Gasteiger partial charge on any atom is 0.165 e. The molecule has 2 aromatic carbocycles. The van der Waals surface area contributed by atoms with Crippen LogP contribution >= 0.6 is 15.9 Å². The summed E-state index contributed by atoms with van der Waals surface area (Å²) in [6.45, 7) is 3.76. The summed E-state index contributed by atoms with van der Waals surface area (Å²) in [7, 11) is 3.70. The number of benzene rings is 2. The van der Waals surface area contributed by atoms with Gasteiger partial charge in [0.1, 0.15) is 11.7 Å². The van der Waals surface area contributed by atoms with Gasteiger partial charge >= 0.3 is 0 Å². The van der Waals surface area contributed by atoms with Gasteiger partial charge in [-0.1, -0.05) is 34.1 Å². The number of halogens is 1. The molecule has 6 atom stereocenters. The molecular weight excluding hydrogens is 542 g/mol. The van der Waals surface area contributed by atoms with Crippen molar-refractivity contribution in [3.63, 3.8) is 0 Å². The van der Waals surface area contributed by atoms with Crippen LogP contribution in [-0.4, -0.2) is 56.6 Å². The number of hydrogen-bond donors (Lipinski definition) is 0. The molecule has 4 bridgehead atoms. The van der Waals surface area contributed by atoms with Crippen molar-refractivity contribution in [3.05, 3.63) is 57.6 Å². The topological polar surface area (TPSA) is 40.2 Å². The molecule has 4 saturated carbocycles. The molecule has 0 amide bonds. The van der Waals surface area contributed by atoms with Gasteiger partial charge in [0.15, 0.2) is 11.5 Å². The van der Waals surface area contributed by atoms with Crippen molar-refractivity contribution in [3.8, 4) is 11.5 Å². The monoisotopic (exact) mass is 579 g/mol. The SMILES string of the molecule is COc1ccc2c3c1O[C@H]1[C@@]4(OC)CC[C@@]5(C[C@@H]4COCc4cccc(Br)c4)[C@@H](C2)N(CC2CC2)CC[C@]315. The third-order valence-corrected chi connectivity index (χ3v) is 12.0. The lowest BCUT2D eigenvalue weighted by molar-refractivity contribution is -0.283. The van der Waals surface area contributed by atoms with Gasteiger partial charge in [0.05, 0.1) is 20.3 Å². The minimum absolute atomic E-state index is 0.00419. The average Bonchev–Trinajstić information content (AvgIpc) is 3.67. The first-order valence-electron chi connectivity index (χ1n) is 14.5. The van der Waals surface area contributed by atoms with Crippen LogP contribution in [0.4, 0.5) is 0 Å². The minimum atomic E-state index is -0.346. The number of hydrogen-bond acceptors (Lipinski definition) is 5. The lowest BCUT2D eigenvalue weighted by atomic mass is 9.35. The highest BCUT2D eigenvalue weighted by Crippen LogP contribution is 2.76. The van der Waals surface area contributed by atoms with Crippen LogP contribution in [0.15, 0.2) is 40.9 Å². The van der Waals surface area contributed by atoms with Crippen molar-refractivity contribution >= 4 is 15.9 Å². The molecule has 0 unspecified atom stereocenters. The van der Waals surface area contributed by atoms with Crippen LogP contribution in [0.2, 0.25) is 0 Å². The van der Waals surface area contributed by atoms with Gasteiger partial charge < -0.3 is 18.9 Å². The predicted molar refractivity (Wildman–Crippen MR) is 149 cm³/mol. The number of fused-ring (bicyclic) bond motifs is 2. The van der Waals surface area contributed by atoms with Crippen molar-refractivity contribution in [2.75, 3.05) is 33.9 Å². The molecule has 2 heterocycles. The van der Waals surface area contributed by atoms with E-state index in [0.29, 0.717) is 25.2 Å². The second kappa shape index (κ2) is 8.45. The van der Waals surface area contributed by atoms with Crippen molar-refractivity contribution in [2.24, 2.45) is 17.3 Å². The summed E-state index contributed by atoms with van der Waals surface area (Å²) in [6, 6.07) is 13.5. The van der Waals surface area contributed by atoms with Gasteiger partial charge in [-0.05, 0) is 86.7 Å². The number of nitrogens with zero attached hydrogens (tertiary/aromatic N) is 1. The second-order valence-corrected chi connectivity index (χ2v) is 13.8. The molecule has 202 valence electrons. The fourth-order valence-electron chi connectivity index (χ4n) is 9.84. The normalized spacial score (nSPS) is 38.1. The van der Waals surface area contributed by atoms with Crippen molar-refractivity contribution in [2.45, 2.75) is 74.7 Å². The zero-order chi connectivity index (χ0) is 25.7. The standard InChI is InChI=1S/C32H38BrNO4/c1-35-25-9-8-22-15-26-30-10-11-32(36-2,23(16-30)19-37-18-21-4-3-5-24(33)14-21)29-31(30,27(22)28(25)38-29)12-13-34(26)17-20-6-7-20/h3-5,8-9,14,20,23,26,29H,6-7,10-13,15-19H2,1-2H3/t23-,26-,29-,30-,31+,32-/m1/s1. The molecule has 1 saturated heterocycles. The zero-order valence-corrected chi connectivity index (χ0v) is 24.1. The van der Waals surface area contributed by atoms with Crippen molar-refractivity contribution in [1.29, 1.82) is 0 Å². The van der Waals surface area contributed by atoms with Crippen LogP contribution in [0.3, 0.4) is 0 Å². The molecule has 9 rings (SSSR count). The average molecular weight is 581 g/mol. The quantitative estimate of drug-likeness (QED) is 0.389. The minimum Gasteiger partial charge on any atom is -0.493 e. The number of rotatable bonds is 8. The maximum absolute atomic E-state index is 7.13. The van der Waals surface area contributed by atoms with E-state index in [-0.39, 0.29) is 22.5 Å². The first kappa shape index (κ1) is 24.2. The van der Waals surface area contributed by atoms with Gasteiger partial charge in [-0.3, -0.25) is 4.90 Å². The largest absolute Gasteiger partial charge is 0.493 e. The summed E-state index contributed by atoms with van der Waals surface area (Å²) in [6.07, 6.45) is 8.52. The molecule has 38 heavy (non-hydrogen) atoms. The van der Waals surface area contributed by atoms with E-state index in [0.717, 1.165) is 47.6 Å². The Morgan fingerprint density at radius 1 is 1.11 bits per heavy atom. The fraction of sp³-hybridized carbons (Fsp3) is 0.625. The Balaban J connectivity index is 1.21. The molecular formula is C32H38BrNO4. The molecule has 5 nitrogen and oxygen atoms in total. The number of piperidine rings is 1. The Labute approximate surface area is 234 Å². The number of likely N-dealkylation sites (tertiary alicyclic amines) is 1. The summed E-state index contributed by atoms with van der Waals surface area (Å²) in [5, 5.41) is 0. The van der Waals surface area contributed by atoms with Crippen LogP contribution in [-0.2, 0) is 27.9 Å². The Hall–Kier alpha value is -1.60. The van der Waals surface area contributed by atoms with Crippen molar-refractivity contribution in [1.82, 2.24) is 4.90 Å². The Morgan fingerprint density at radius 2 is 2.00 bits per heavy atom. The van der Waals surface area contributed by atoms with Crippen LogP contribution in [0.1, 0.15) is 55.2 Å². The van der Waals surface area contributed by atoms with Gasteiger partial charge in [0.25, 0.3) is 0 Å². The number of ether oxygens (including phenoxy) is 4. The van der Waals surface area contributed by atoms with Gasteiger partial charge in [-0.25, -0.2) is 0 Å². The molecule has 5 aliphatic carbocycles. The summed E-state index contributed by atoms with van der Waals surface area (Å²) in [5.74, 6) is 3.09. The molecule has 0 radical (unpaired) electrons. The summed E-state index contributed by atoms with van der Waals surface area (Å²) >= 11 is 3.60. The van der Waals surface area contributed by atoms with E-state index >= 15 is 0 Å². The Kier molecular flexibility index (Phi) is 5.39. The van der Waals surface area contributed by atoms with Crippen LogP contribution in [0, 0.1) is 17.3 Å². The third kappa shape index (κ3) is 3.04. The fourth-order valence-corrected chi connectivity index (χ4v) is 10.3. The van der Waals surface area contributed by atoms with Crippen LogP contribution < -0.4 is 9.47 Å². The second-order valence-electron chi connectivity index (χ2n) is 12.9. The Bertz CT molecular complexity index is 1280. The van der Waals surface area contributed by atoms with Crippen LogP contribution in [0.25, 0.3) is 0 Å². The smallest absolute Gasteiger partial charge is 0.165 e. The lowest BCUT2D eigenvalue weighted by Gasteiger charge is -2.74. The third-order valence-electron chi connectivity index (χ3n) is 11.5. The van der Waals surface area contributed by atoms with Gasteiger partial charge in [-0.2, -0.15) is 0 Å². The van der Waals surface area contributed by atoms with E-state index in [1.165, 1.54) is 49.0 Å². The molecule has 2 aromatic rings. The first-order valence-corrected chi connectivity index (χ1v) is 15.3. The van der Waals surface area contributed by atoms with E-state index in [4.69, 9.17) is 18.9 Å². The highest BCUT2D eigenvalue weighted by Gasteiger charge is 2.80. The van der Waals surface area contributed by atoms with Gasteiger partial charge in [0.2, 0.25) is 0 Å². The van der Waals surface area contributed by atoms with Gasteiger partial charge in [0, 0.05) is 46.5 Å². The molecule has 2 spiro atoms. The van der Waals surface area contributed by atoms with Gasteiger partial charge in [-0.15, -0.1) is 0 Å². The summed E-state index contributed by atoms with van der Waals surface area (Å²) in [4.78, 5) is 2.90. The Morgan fingerprint density at radius 3 is 2.79 bits per heavy atom. The van der Waals surface area contributed by atoms with E-state index < -0.39 is 0 Å². The highest BCUT2D eigenvalue weighted by molar-refractivity contribution is 9.10. The van der Waals surface area contributed by atoms with E-state index in [2.05, 4.69) is 57.2 Å². The van der Waals surface area contributed by atoms with E-state index in [1.54, 1.807) is 7.11 Å². The maximum atomic E-state index is 7.13. The molecule has 0 aromatic heterocycles. The molecule has 5 fully saturated rings. The van der Waals surface area contributed by atoms with Crippen molar-refractivity contribution < 1.29 is 18.9 Å².